The summed E-state index contributed by atoms with van der Waals surface area (Å²) in [6.07, 6.45) is 12.0. The van der Waals surface area contributed by atoms with Crippen molar-refractivity contribution >= 4 is 11.8 Å². The molecular formula is C20H32N4O2. The molecule has 2 aliphatic rings. The number of nitrogens with zero attached hydrogens (tertiary/aromatic N) is 4. The molecule has 1 aromatic rings. The molecule has 6 heteroatoms. The molecular weight excluding hydrogens is 328 g/mol. The van der Waals surface area contributed by atoms with Crippen LogP contribution in [-0.4, -0.2) is 57.3 Å². The lowest BCUT2D eigenvalue weighted by atomic mass is 9.97. The summed E-state index contributed by atoms with van der Waals surface area (Å²) >= 11 is 0. The van der Waals surface area contributed by atoms with E-state index in [9.17, 15) is 9.59 Å². The molecule has 2 amide bonds. The van der Waals surface area contributed by atoms with Crippen molar-refractivity contribution in [3.05, 3.63) is 18.2 Å². The van der Waals surface area contributed by atoms with Gasteiger partial charge in [-0.2, -0.15) is 0 Å². The highest BCUT2D eigenvalue weighted by Gasteiger charge is 2.29. The Labute approximate surface area is 156 Å². The van der Waals surface area contributed by atoms with Crippen LogP contribution in [0.4, 0.5) is 0 Å². The van der Waals surface area contributed by atoms with Crippen LogP contribution in [0.1, 0.15) is 70.0 Å². The second kappa shape index (κ2) is 9.19. The molecule has 0 saturated carbocycles. The molecule has 0 spiro atoms. The lowest BCUT2D eigenvalue weighted by Gasteiger charge is -2.34. The minimum atomic E-state index is 0.0941. The number of rotatable bonds is 6. The number of hydrogen-bond donors (Lipinski definition) is 0. The zero-order valence-corrected chi connectivity index (χ0v) is 16.0. The van der Waals surface area contributed by atoms with E-state index in [1.165, 1.54) is 0 Å². The lowest BCUT2D eigenvalue weighted by Crippen LogP contribution is -2.46. The Balaban J connectivity index is 1.60. The maximum Gasteiger partial charge on any atom is 0.242 e. The van der Waals surface area contributed by atoms with Crippen molar-refractivity contribution in [3.8, 4) is 0 Å². The van der Waals surface area contributed by atoms with Gasteiger partial charge in [-0.15, -0.1) is 0 Å². The fourth-order valence-electron chi connectivity index (χ4n) is 4.08. The van der Waals surface area contributed by atoms with E-state index in [0.29, 0.717) is 12.3 Å². The van der Waals surface area contributed by atoms with Crippen LogP contribution in [-0.2, 0) is 16.1 Å². The average Bonchev–Trinajstić information content (AvgIpc) is 3.04. The molecule has 0 N–H and O–H groups in total. The van der Waals surface area contributed by atoms with Crippen molar-refractivity contribution < 1.29 is 9.59 Å². The van der Waals surface area contributed by atoms with Crippen LogP contribution in [0, 0.1) is 0 Å². The number of hydrogen-bond acceptors (Lipinski definition) is 3. The first-order valence-corrected chi connectivity index (χ1v) is 10.3. The predicted molar refractivity (Wildman–Crippen MR) is 101 cm³/mol. The highest BCUT2D eigenvalue weighted by molar-refractivity contribution is 5.85. The van der Waals surface area contributed by atoms with Gasteiger partial charge in [-0.3, -0.25) is 9.59 Å². The number of unbranched alkanes of at least 4 members (excludes halogenated alkanes) is 1. The van der Waals surface area contributed by atoms with E-state index < -0.39 is 0 Å². The number of carbonyl (C=O) groups is 2. The summed E-state index contributed by atoms with van der Waals surface area (Å²) in [5, 5.41) is 0. The van der Waals surface area contributed by atoms with Crippen molar-refractivity contribution in [2.45, 2.75) is 70.8 Å². The molecule has 6 nitrogen and oxygen atoms in total. The molecule has 1 atom stereocenters. The van der Waals surface area contributed by atoms with Crippen molar-refractivity contribution in [2.24, 2.45) is 0 Å². The lowest BCUT2D eigenvalue weighted by molar-refractivity contribution is -0.140. The normalized spacial score (nSPS) is 21.7. The maximum absolute atomic E-state index is 12.8. The minimum Gasteiger partial charge on any atom is -0.340 e. The molecule has 0 aromatic carbocycles. The average molecular weight is 361 g/mol. The van der Waals surface area contributed by atoms with Crippen LogP contribution in [0.2, 0.25) is 0 Å². The zero-order valence-electron chi connectivity index (χ0n) is 16.0. The smallest absolute Gasteiger partial charge is 0.242 e. The van der Waals surface area contributed by atoms with Crippen LogP contribution >= 0.6 is 0 Å². The van der Waals surface area contributed by atoms with Gasteiger partial charge in [-0.25, -0.2) is 4.98 Å². The van der Waals surface area contributed by atoms with Gasteiger partial charge in [0.15, 0.2) is 0 Å². The summed E-state index contributed by atoms with van der Waals surface area (Å²) in [5.74, 6) is 1.65. The highest BCUT2D eigenvalue weighted by Crippen LogP contribution is 2.26. The molecule has 2 saturated heterocycles. The summed E-state index contributed by atoms with van der Waals surface area (Å²) in [6, 6.07) is 0. The number of imidazole rings is 1. The van der Waals surface area contributed by atoms with Crippen LogP contribution in [0.15, 0.2) is 12.4 Å². The van der Waals surface area contributed by atoms with Gasteiger partial charge >= 0.3 is 0 Å². The van der Waals surface area contributed by atoms with Gasteiger partial charge in [0, 0.05) is 50.9 Å². The standard InChI is InChI=1S/C20H32N4O2/c1-2-3-11-22-14-10-21-20(22)17-8-7-13-23(15-17)19(26)16-24-12-6-4-5-9-18(24)25/h10,14,17H,2-9,11-13,15-16H2,1H3. The largest absolute Gasteiger partial charge is 0.340 e. The Morgan fingerprint density at radius 1 is 1.23 bits per heavy atom. The van der Waals surface area contributed by atoms with Gasteiger partial charge in [0.05, 0.1) is 6.54 Å². The second-order valence-electron chi connectivity index (χ2n) is 7.64. The molecule has 144 valence electrons. The van der Waals surface area contributed by atoms with E-state index in [-0.39, 0.29) is 18.4 Å². The highest BCUT2D eigenvalue weighted by atomic mass is 16.2. The summed E-state index contributed by atoms with van der Waals surface area (Å²) < 4.78 is 2.25. The summed E-state index contributed by atoms with van der Waals surface area (Å²) in [7, 11) is 0. The van der Waals surface area contributed by atoms with Gasteiger partial charge in [-0.1, -0.05) is 19.8 Å². The summed E-state index contributed by atoms with van der Waals surface area (Å²) in [5.41, 5.74) is 0. The Morgan fingerprint density at radius 3 is 2.96 bits per heavy atom. The Kier molecular flexibility index (Phi) is 6.69. The first-order chi connectivity index (χ1) is 12.7. The third kappa shape index (κ3) is 4.65. The summed E-state index contributed by atoms with van der Waals surface area (Å²) in [6.45, 7) is 5.69. The van der Waals surface area contributed by atoms with Crippen molar-refractivity contribution in [1.29, 1.82) is 0 Å². The van der Waals surface area contributed by atoms with Crippen LogP contribution in [0.3, 0.4) is 0 Å². The van der Waals surface area contributed by atoms with Gasteiger partial charge in [0.25, 0.3) is 0 Å². The molecule has 0 aliphatic carbocycles. The SMILES string of the molecule is CCCCn1ccnc1C1CCCN(C(=O)CN2CCCCCC2=O)C1. The van der Waals surface area contributed by atoms with E-state index >= 15 is 0 Å². The Bertz CT molecular complexity index is 613. The maximum atomic E-state index is 12.8. The van der Waals surface area contributed by atoms with Gasteiger partial charge < -0.3 is 14.4 Å². The molecule has 1 aromatic heterocycles. The van der Waals surface area contributed by atoms with Crippen molar-refractivity contribution in [1.82, 2.24) is 19.4 Å². The molecule has 26 heavy (non-hydrogen) atoms. The topological polar surface area (TPSA) is 58.4 Å². The van der Waals surface area contributed by atoms with E-state index in [2.05, 4.69) is 22.7 Å². The number of aromatic nitrogens is 2. The number of amides is 2. The van der Waals surface area contributed by atoms with Gasteiger partial charge in [-0.05, 0) is 32.1 Å². The van der Waals surface area contributed by atoms with E-state index in [0.717, 1.165) is 76.9 Å². The van der Waals surface area contributed by atoms with E-state index in [4.69, 9.17) is 0 Å². The first-order valence-electron chi connectivity index (χ1n) is 10.3. The van der Waals surface area contributed by atoms with Crippen molar-refractivity contribution in [3.63, 3.8) is 0 Å². The number of carbonyl (C=O) groups excluding carboxylic acids is 2. The number of likely N-dealkylation sites (tertiary alicyclic amines) is 2. The number of aryl methyl sites for hydroxylation is 1. The molecule has 0 bridgehead atoms. The molecule has 3 heterocycles. The monoisotopic (exact) mass is 360 g/mol. The molecule has 3 rings (SSSR count). The quantitative estimate of drug-likeness (QED) is 0.784. The second-order valence-corrected chi connectivity index (χ2v) is 7.64. The first kappa shape index (κ1) is 18.9. The fraction of sp³-hybridized carbons (Fsp3) is 0.750. The van der Waals surface area contributed by atoms with Crippen molar-refractivity contribution in [2.75, 3.05) is 26.2 Å². The predicted octanol–water partition coefficient (Wildman–Crippen LogP) is 2.79. The Hall–Kier alpha value is -1.85. The third-order valence-electron chi connectivity index (χ3n) is 5.64. The van der Waals surface area contributed by atoms with Gasteiger partial charge in [0.1, 0.15) is 5.82 Å². The van der Waals surface area contributed by atoms with E-state index in [1.807, 2.05) is 11.1 Å². The zero-order chi connectivity index (χ0) is 18.4. The molecule has 2 aliphatic heterocycles. The number of piperidine rings is 1. The molecule has 0 radical (unpaired) electrons. The van der Waals surface area contributed by atoms with Crippen LogP contribution < -0.4 is 0 Å². The molecule has 1 unspecified atom stereocenters. The van der Waals surface area contributed by atoms with E-state index in [1.54, 1.807) is 4.90 Å². The third-order valence-corrected chi connectivity index (χ3v) is 5.64. The van der Waals surface area contributed by atoms with Crippen LogP contribution in [0.5, 0.6) is 0 Å². The Morgan fingerprint density at radius 2 is 2.12 bits per heavy atom. The summed E-state index contributed by atoms with van der Waals surface area (Å²) in [4.78, 5) is 33.3. The van der Waals surface area contributed by atoms with Gasteiger partial charge in [0.2, 0.25) is 11.8 Å². The van der Waals surface area contributed by atoms with Crippen LogP contribution in [0.25, 0.3) is 0 Å². The molecule has 2 fully saturated rings. The fourth-order valence-corrected chi connectivity index (χ4v) is 4.08. The minimum absolute atomic E-state index is 0.0941.